The van der Waals surface area contributed by atoms with Crippen LogP contribution >= 0.6 is 12.2 Å². The average molecular weight is 601 g/mol. The number of rotatable bonds is 10. The highest BCUT2D eigenvalue weighted by Crippen LogP contribution is 2.42. The fourth-order valence-corrected chi connectivity index (χ4v) is 5.92. The van der Waals surface area contributed by atoms with Crippen LogP contribution in [0.4, 0.5) is 11.4 Å². The third-order valence-electron chi connectivity index (χ3n) is 7.56. The number of benzene rings is 2. The van der Waals surface area contributed by atoms with Crippen LogP contribution in [0.1, 0.15) is 41.1 Å². The van der Waals surface area contributed by atoms with Gasteiger partial charge in [0.05, 0.1) is 48.3 Å². The number of aryl methyl sites for hydroxylation is 1. The largest absolute Gasteiger partial charge is 0.495 e. The van der Waals surface area contributed by atoms with Gasteiger partial charge in [-0.1, -0.05) is 18.2 Å². The molecule has 11 nitrogen and oxygen atoms in total. The molecule has 0 radical (unpaired) electrons. The highest BCUT2D eigenvalue weighted by molar-refractivity contribution is 7.80. The summed E-state index contributed by atoms with van der Waals surface area (Å²) in [5.41, 5.74) is 4.57. The van der Waals surface area contributed by atoms with Gasteiger partial charge in [0.1, 0.15) is 11.5 Å². The van der Waals surface area contributed by atoms with E-state index < -0.39 is 4.92 Å². The van der Waals surface area contributed by atoms with E-state index in [0.717, 1.165) is 22.6 Å². The molecule has 12 heteroatoms. The lowest BCUT2D eigenvalue weighted by atomic mass is 9.96. The van der Waals surface area contributed by atoms with Crippen LogP contribution in [0.25, 0.3) is 5.69 Å². The molecule has 0 bridgehead atoms. The van der Waals surface area contributed by atoms with Crippen molar-refractivity contribution in [1.29, 1.82) is 0 Å². The van der Waals surface area contributed by atoms with Gasteiger partial charge < -0.3 is 29.6 Å². The first-order chi connectivity index (χ1) is 20.7. The van der Waals surface area contributed by atoms with Crippen LogP contribution in [0, 0.1) is 24.0 Å². The Morgan fingerprint density at radius 1 is 1.07 bits per heavy atom. The number of para-hydroxylation sites is 2. The number of nitro groups is 1. The molecule has 2 atom stereocenters. The predicted octanol–water partition coefficient (Wildman–Crippen LogP) is 5.42. The Morgan fingerprint density at radius 3 is 2.51 bits per heavy atom. The lowest BCUT2D eigenvalue weighted by Gasteiger charge is -2.28. The molecule has 1 fully saturated rings. The summed E-state index contributed by atoms with van der Waals surface area (Å²) in [6.45, 7) is 4.24. The number of carbonyl (C=O) groups is 1. The molecule has 0 aliphatic carbocycles. The molecule has 1 aliphatic rings. The van der Waals surface area contributed by atoms with Crippen LogP contribution in [0.5, 0.6) is 11.5 Å². The molecule has 1 aliphatic heterocycles. The summed E-state index contributed by atoms with van der Waals surface area (Å²) in [7, 11) is 3.09. The van der Waals surface area contributed by atoms with Gasteiger partial charge in [0.25, 0.3) is 5.69 Å². The zero-order chi connectivity index (χ0) is 30.7. The van der Waals surface area contributed by atoms with Gasteiger partial charge in [-0.05, 0) is 68.0 Å². The Balaban J connectivity index is 1.52. The van der Waals surface area contributed by atoms with E-state index in [9.17, 15) is 14.9 Å². The SMILES string of the molecule is COc1ccccc1NC(=O)CCN1C(=S)N[C@H](c2ccccn2)[C@H]1c1cc(C)n(-c2cc([N+](=O)[O-])ccc2OC)c1C. The molecule has 5 rings (SSSR count). The summed E-state index contributed by atoms with van der Waals surface area (Å²) in [4.78, 5) is 30.9. The van der Waals surface area contributed by atoms with Crippen molar-refractivity contribution in [1.82, 2.24) is 19.8 Å². The molecular weight excluding hydrogens is 568 g/mol. The molecule has 0 unspecified atom stereocenters. The highest BCUT2D eigenvalue weighted by Gasteiger charge is 2.41. The van der Waals surface area contributed by atoms with Crippen molar-refractivity contribution in [2.24, 2.45) is 0 Å². The van der Waals surface area contributed by atoms with E-state index in [4.69, 9.17) is 21.7 Å². The molecule has 4 aromatic rings. The molecule has 2 aromatic carbocycles. The van der Waals surface area contributed by atoms with Gasteiger partial charge in [0.2, 0.25) is 5.91 Å². The van der Waals surface area contributed by atoms with E-state index in [-0.39, 0.29) is 30.1 Å². The fraction of sp³-hybridized carbons (Fsp3) is 0.258. The van der Waals surface area contributed by atoms with Gasteiger partial charge >= 0.3 is 0 Å². The van der Waals surface area contributed by atoms with E-state index in [1.807, 2.05) is 59.7 Å². The number of aromatic nitrogens is 2. The van der Waals surface area contributed by atoms with Crippen LogP contribution < -0.4 is 20.1 Å². The van der Waals surface area contributed by atoms with Gasteiger partial charge in [0.15, 0.2) is 5.11 Å². The van der Waals surface area contributed by atoms with Crippen LogP contribution in [-0.4, -0.2) is 51.2 Å². The average Bonchev–Trinajstić information content (AvgIpc) is 3.50. The maximum atomic E-state index is 13.1. The van der Waals surface area contributed by atoms with Crippen LogP contribution in [0.2, 0.25) is 0 Å². The Labute approximate surface area is 254 Å². The summed E-state index contributed by atoms with van der Waals surface area (Å²) in [6, 6.07) is 18.9. The smallest absolute Gasteiger partial charge is 0.271 e. The number of nitro benzene ring substituents is 1. The lowest BCUT2D eigenvalue weighted by Crippen LogP contribution is -2.33. The van der Waals surface area contributed by atoms with Crippen molar-refractivity contribution < 1.29 is 19.2 Å². The molecular formula is C31H32N6O5S. The number of pyridine rings is 1. The third kappa shape index (κ3) is 5.86. The maximum Gasteiger partial charge on any atom is 0.271 e. The number of hydrogen-bond acceptors (Lipinski definition) is 7. The zero-order valence-corrected chi connectivity index (χ0v) is 25.1. The van der Waals surface area contributed by atoms with E-state index in [1.54, 1.807) is 31.5 Å². The van der Waals surface area contributed by atoms with Gasteiger partial charge in [-0.25, -0.2) is 0 Å². The second-order valence-electron chi connectivity index (χ2n) is 10.1. The standard InChI is InChI=1S/C31H32N6O5S/c1-19-17-22(20(2)36(19)25-18-21(37(39)40)12-13-27(25)42-4)30-29(24-10-7-8-15-32-24)34-31(43)35(30)16-14-28(38)33-23-9-5-6-11-26(23)41-3/h5-13,15,17-18,29-30H,14,16H2,1-4H3,(H,33,38)(H,34,43)/t29-,30-/m1/s1. The lowest BCUT2D eigenvalue weighted by molar-refractivity contribution is -0.384. The number of nitrogens with one attached hydrogen (secondary N) is 2. The number of anilines is 1. The monoisotopic (exact) mass is 600 g/mol. The summed E-state index contributed by atoms with van der Waals surface area (Å²) in [5, 5.41) is 18.5. The Kier molecular flexibility index (Phi) is 8.58. The molecule has 2 aromatic heterocycles. The number of thiocarbonyl (C=S) groups is 1. The van der Waals surface area contributed by atoms with Crippen molar-refractivity contribution in [2.45, 2.75) is 32.4 Å². The van der Waals surface area contributed by atoms with Crippen molar-refractivity contribution in [3.05, 3.63) is 106 Å². The number of hydrogen-bond donors (Lipinski definition) is 2. The van der Waals surface area contributed by atoms with E-state index >= 15 is 0 Å². The molecule has 3 heterocycles. The number of nitrogens with zero attached hydrogens (tertiary/aromatic N) is 4. The van der Waals surface area contributed by atoms with E-state index in [0.29, 0.717) is 34.5 Å². The maximum absolute atomic E-state index is 13.1. The summed E-state index contributed by atoms with van der Waals surface area (Å²) in [5.74, 6) is 0.899. The van der Waals surface area contributed by atoms with Gasteiger partial charge in [-0.2, -0.15) is 0 Å². The van der Waals surface area contributed by atoms with Crippen molar-refractivity contribution in [3.63, 3.8) is 0 Å². The first-order valence-electron chi connectivity index (χ1n) is 13.7. The number of amides is 1. The first-order valence-corrected chi connectivity index (χ1v) is 14.1. The fourth-order valence-electron chi connectivity index (χ4n) is 5.59. The minimum absolute atomic E-state index is 0.0393. The minimum atomic E-state index is -0.424. The Bertz CT molecular complexity index is 1670. The highest BCUT2D eigenvalue weighted by atomic mass is 32.1. The molecule has 0 saturated carbocycles. The Morgan fingerprint density at radius 2 is 1.81 bits per heavy atom. The quantitative estimate of drug-likeness (QED) is 0.140. The van der Waals surface area contributed by atoms with Crippen LogP contribution in [0.3, 0.4) is 0 Å². The molecule has 2 N–H and O–H groups in total. The Hall–Kier alpha value is -4.97. The second-order valence-corrected chi connectivity index (χ2v) is 10.5. The molecule has 43 heavy (non-hydrogen) atoms. The van der Waals surface area contributed by atoms with Crippen LogP contribution in [-0.2, 0) is 4.79 Å². The summed E-state index contributed by atoms with van der Waals surface area (Å²) < 4.78 is 12.9. The number of non-ortho nitro benzene ring substituents is 1. The van der Waals surface area contributed by atoms with Crippen molar-refractivity contribution >= 4 is 34.6 Å². The van der Waals surface area contributed by atoms with Gasteiger partial charge in [-0.3, -0.25) is 19.9 Å². The zero-order valence-electron chi connectivity index (χ0n) is 24.2. The third-order valence-corrected chi connectivity index (χ3v) is 7.91. The topological polar surface area (TPSA) is 124 Å². The summed E-state index contributed by atoms with van der Waals surface area (Å²) >= 11 is 5.81. The van der Waals surface area contributed by atoms with E-state index in [2.05, 4.69) is 15.6 Å². The predicted molar refractivity (Wildman–Crippen MR) is 167 cm³/mol. The van der Waals surface area contributed by atoms with E-state index in [1.165, 1.54) is 19.2 Å². The molecule has 1 saturated heterocycles. The second kappa shape index (κ2) is 12.5. The van der Waals surface area contributed by atoms with Crippen molar-refractivity contribution in [3.8, 4) is 17.2 Å². The first kappa shape index (κ1) is 29.5. The normalized spacial score (nSPS) is 16.1. The molecule has 0 spiro atoms. The molecule has 1 amide bonds. The van der Waals surface area contributed by atoms with Crippen molar-refractivity contribution in [2.75, 3.05) is 26.1 Å². The number of ether oxygens (including phenoxy) is 2. The number of methoxy groups -OCH3 is 2. The molecule has 222 valence electrons. The van der Waals surface area contributed by atoms with Crippen LogP contribution in [0.15, 0.2) is 72.9 Å². The van der Waals surface area contributed by atoms with Gasteiger partial charge in [0, 0.05) is 42.7 Å². The van der Waals surface area contributed by atoms with Gasteiger partial charge in [-0.15, -0.1) is 0 Å². The number of carbonyl (C=O) groups excluding carboxylic acids is 1. The summed E-state index contributed by atoms with van der Waals surface area (Å²) in [6.07, 6.45) is 1.90. The minimum Gasteiger partial charge on any atom is -0.495 e.